The van der Waals surface area contributed by atoms with Crippen LogP contribution in [0.2, 0.25) is 0 Å². The third kappa shape index (κ3) is 2.78. The van der Waals surface area contributed by atoms with Crippen LogP contribution < -0.4 is 5.32 Å². The highest BCUT2D eigenvalue weighted by Crippen LogP contribution is 2.39. The number of rotatable bonds is 5. The fourth-order valence-corrected chi connectivity index (χ4v) is 1.18. The molecule has 16 heavy (non-hydrogen) atoms. The highest BCUT2D eigenvalue weighted by Gasteiger charge is 2.29. The predicted molar refractivity (Wildman–Crippen MR) is 51.8 cm³/mol. The Hall–Kier alpha value is -1.92. The van der Waals surface area contributed by atoms with Gasteiger partial charge in [-0.05, 0) is 12.8 Å². The maximum atomic E-state index is 11.2. The van der Waals surface area contributed by atoms with E-state index in [1.54, 1.807) is 0 Å². The molecule has 1 fully saturated rings. The lowest BCUT2D eigenvalue weighted by Crippen LogP contribution is -2.13. The minimum absolute atomic E-state index is 0.0392. The summed E-state index contributed by atoms with van der Waals surface area (Å²) in [4.78, 5) is 21.4. The van der Waals surface area contributed by atoms with Crippen LogP contribution in [0.5, 0.6) is 0 Å². The third-order valence-electron chi connectivity index (χ3n) is 2.18. The molecule has 0 aromatic carbocycles. The van der Waals surface area contributed by atoms with Gasteiger partial charge in [-0.25, -0.2) is 0 Å². The molecule has 1 amide bonds. The number of aliphatic carboxylic acids is 1. The van der Waals surface area contributed by atoms with Crippen LogP contribution in [0.3, 0.4) is 0 Å². The summed E-state index contributed by atoms with van der Waals surface area (Å²) >= 11 is 0. The van der Waals surface area contributed by atoms with E-state index in [1.165, 1.54) is 0 Å². The summed E-state index contributed by atoms with van der Waals surface area (Å²) in [6.07, 6.45) is 1.76. The van der Waals surface area contributed by atoms with Crippen molar-refractivity contribution in [2.24, 2.45) is 0 Å². The molecule has 7 heteroatoms. The number of hydrogen-bond donors (Lipinski definition) is 2. The molecular formula is C9H11N3O4. The second kappa shape index (κ2) is 4.30. The van der Waals surface area contributed by atoms with Crippen molar-refractivity contribution in [2.75, 3.05) is 5.32 Å². The zero-order valence-electron chi connectivity index (χ0n) is 8.47. The number of carbonyl (C=O) groups is 2. The number of carbonyl (C=O) groups excluding carboxylic acids is 1. The van der Waals surface area contributed by atoms with Crippen LogP contribution in [0.1, 0.15) is 37.5 Å². The Labute approximate surface area is 90.8 Å². The molecule has 7 nitrogen and oxygen atoms in total. The van der Waals surface area contributed by atoms with E-state index in [2.05, 4.69) is 15.5 Å². The van der Waals surface area contributed by atoms with Crippen molar-refractivity contribution in [3.05, 3.63) is 5.89 Å². The maximum absolute atomic E-state index is 11.2. The number of nitrogens with zero attached hydrogens (tertiary/aromatic N) is 2. The zero-order valence-corrected chi connectivity index (χ0v) is 8.47. The number of hydrogen-bond acceptors (Lipinski definition) is 5. The number of anilines is 1. The summed E-state index contributed by atoms with van der Waals surface area (Å²) in [7, 11) is 0. The van der Waals surface area contributed by atoms with Gasteiger partial charge in [0, 0.05) is 12.3 Å². The molecule has 0 saturated heterocycles. The van der Waals surface area contributed by atoms with Crippen LogP contribution in [0.15, 0.2) is 4.42 Å². The van der Waals surface area contributed by atoms with E-state index in [4.69, 9.17) is 9.52 Å². The van der Waals surface area contributed by atoms with E-state index in [-0.39, 0.29) is 18.9 Å². The van der Waals surface area contributed by atoms with Crippen molar-refractivity contribution in [2.45, 2.75) is 31.6 Å². The van der Waals surface area contributed by atoms with Gasteiger partial charge in [0.2, 0.25) is 11.8 Å². The van der Waals surface area contributed by atoms with Gasteiger partial charge in [-0.15, -0.1) is 5.10 Å². The highest BCUT2D eigenvalue weighted by atomic mass is 16.4. The smallest absolute Gasteiger partial charge is 0.322 e. The number of amides is 1. The van der Waals surface area contributed by atoms with Gasteiger partial charge in [-0.1, -0.05) is 5.10 Å². The molecule has 0 radical (unpaired) electrons. The summed E-state index contributed by atoms with van der Waals surface area (Å²) in [6, 6.07) is 0.0392. The lowest BCUT2D eigenvalue weighted by Gasteiger charge is -1.97. The fourth-order valence-electron chi connectivity index (χ4n) is 1.18. The summed E-state index contributed by atoms with van der Waals surface area (Å²) in [6.45, 7) is 0. The monoisotopic (exact) mass is 225 g/mol. The fraction of sp³-hybridized carbons (Fsp3) is 0.556. The van der Waals surface area contributed by atoms with Crippen molar-refractivity contribution in [1.29, 1.82) is 0 Å². The zero-order chi connectivity index (χ0) is 11.5. The molecule has 2 rings (SSSR count). The van der Waals surface area contributed by atoms with Gasteiger partial charge in [0.25, 0.3) is 0 Å². The Balaban J connectivity index is 1.83. The Morgan fingerprint density at radius 2 is 2.12 bits per heavy atom. The first-order valence-corrected chi connectivity index (χ1v) is 5.00. The first-order chi connectivity index (χ1) is 7.65. The quantitative estimate of drug-likeness (QED) is 0.765. The van der Waals surface area contributed by atoms with Crippen molar-refractivity contribution in [3.63, 3.8) is 0 Å². The van der Waals surface area contributed by atoms with Crippen molar-refractivity contribution < 1.29 is 19.1 Å². The summed E-state index contributed by atoms with van der Waals surface area (Å²) in [5.41, 5.74) is 0. The summed E-state index contributed by atoms with van der Waals surface area (Å²) in [5, 5.41) is 18.2. The molecule has 0 spiro atoms. The average molecular weight is 225 g/mol. The Kier molecular flexibility index (Phi) is 2.84. The Morgan fingerprint density at radius 3 is 2.75 bits per heavy atom. The minimum atomic E-state index is -1.01. The number of nitrogens with one attached hydrogen (secondary N) is 1. The molecule has 1 aromatic heterocycles. The van der Waals surface area contributed by atoms with E-state index in [1.807, 2.05) is 0 Å². The van der Waals surface area contributed by atoms with Crippen LogP contribution in [0.4, 0.5) is 6.01 Å². The molecule has 1 aliphatic carbocycles. The first kappa shape index (κ1) is 10.6. The number of aromatic nitrogens is 2. The van der Waals surface area contributed by atoms with Crippen LogP contribution >= 0.6 is 0 Å². The van der Waals surface area contributed by atoms with Gasteiger partial charge in [0.1, 0.15) is 0 Å². The number of carboxylic acids is 1. The van der Waals surface area contributed by atoms with Crippen molar-refractivity contribution in [1.82, 2.24) is 10.2 Å². The maximum Gasteiger partial charge on any atom is 0.322 e. The van der Waals surface area contributed by atoms with Gasteiger partial charge in [0.15, 0.2) is 0 Å². The standard InChI is InChI=1S/C9H11N3O4/c13-6(3-4-7(14)15)10-9-12-11-8(16-9)5-1-2-5/h5H,1-4H2,(H,14,15)(H,10,12,13). The molecule has 0 unspecified atom stereocenters. The first-order valence-electron chi connectivity index (χ1n) is 5.00. The molecule has 0 aliphatic heterocycles. The van der Waals surface area contributed by atoms with Gasteiger partial charge < -0.3 is 9.52 Å². The van der Waals surface area contributed by atoms with Gasteiger partial charge in [0.05, 0.1) is 6.42 Å². The highest BCUT2D eigenvalue weighted by molar-refractivity contribution is 5.90. The van der Waals surface area contributed by atoms with Gasteiger partial charge in [-0.2, -0.15) is 0 Å². The molecule has 1 aromatic rings. The largest absolute Gasteiger partial charge is 0.481 e. The molecule has 1 heterocycles. The molecule has 1 aliphatic rings. The van der Waals surface area contributed by atoms with E-state index in [0.717, 1.165) is 12.8 Å². The van der Waals surface area contributed by atoms with E-state index >= 15 is 0 Å². The molecule has 86 valence electrons. The van der Waals surface area contributed by atoms with Gasteiger partial charge in [-0.3, -0.25) is 14.9 Å². The van der Waals surface area contributed by atoms with E-state index < -0.39 is 11.9 Å². The molecule has 0 bridgehead atoms. The molecule has 0 atom stereocenters. The van der Waals surface area contributed by atoms with Gasteiger partial charge >= 0.3 is 12.0 Å². The summed E-state index contributed by atoms with van der Waals surface area (Å²) in [5.74, 6) is -0.585. The Bertz CT molecular complexity index is 411. The van der Waals surface area contributed by atoms with E-state index in [0.29, 0.717) is 11.8 Å². The van der Waals surface area contributed by atoms with Crippen molar-refractivity contribution >= 4 is 17.9 Å². The van der Waals surface area contributed by atoms with Crippen molar-refractivity contribution in [3.8, 4) is 0 Å². The molecule has 1 saturated carbocycles. The molecular weight excluding hydrogens is 214 g/mol. The lowest BCUT2D eigenvalue weighted by atomic mass is 10.3. The van der Waals surface area contributed by atoms with Crippen LogP contribution in [0.25, 0.3) is 0 Å². The Morgan fingerprint density at radius 1 is 1.38 bits per heavy atom. The van der Waals surface area contributed by atoms with Crippen LogP contribution in [-0.4, -0.2) is 27.2 Å². The van der Waals surface area contributed by atoms with Crippen LogP contribution in [0, 0.1) is 0 Å². The normalized spacial score (nSPS) is 14.8. The lowest BCUT2D eigenvalue weighted by molar-refractivity contribution is -0.138. The SMILES string of the molecule is O=C(O)CCC(=O)Nc1nnc(C2CC2)o1. The second-order valence-electron chi connectivity index (χ2n) is 3.66. The number of carboxylic acid groups (broad SMARTS) is 1. The van der Waals surface area contributed by atoms with Crippen LogP contribution in [-0.2, 0) is 9.59 Å². The minimum Gasteiger partial charge on any atom is -0.481 e. The topological polar surface area (TPSA) is 105 Å². The summed E-state index contributed by atoms with van der Waals surface area (Å²) < 4.78 is 5.18. The molecule has 2 N–H and O–H groups in total. The second-order valence-corrected chi connectivity index (χ2v) is 3.66. The predicted octanol–water partition coefficient (Wildman–Crippen LogP) is 0.750. The van der Waals surface area contributed by atoms with E-state index in [9.17, 15) is 9.59 Å². The third-order valence-corrected chi connectivity index (χ3v) is 2.18. The average Bonchev–Trinajstić information content (AvgIpc) is 2.98.